The van der Waals surface area contributed by atoms with Gasteiger partial charge in [-0.05, 0) is 57.4 Å². The zero-order valence-corrected chi connectivity index (χ0v) is 18.4. The largest absolute Gasteiger partial charge is 0.385 e. The second kappa shape index (κ2) is 9.02. The van der Waals surface area contributed by atoms with Crippen molar-refractivity contribution in [2.24, 2.45) is 5.92 Å². The Hall–Kier alpha value is -2.99. The summed E-state index contributed by atoms with van der Waals surface area (Å²) in [6.45, 7) is 5.13. The van der Waals surface area contributed by atoms with Crippen molar-refractivity contribution in [2.45, 2.75) is 39.2 Å². The summed E-state index contributed by atoms with van der Waals surface area (Å²) in [7, 11) is 1.66. The molecule has 1 aliphatic rings. The number of nitrogens with zero attached hydrogens (tertiary/aromatic N) is 3. The first kappa shape index (κ1) is 21.2. The number of para-hydroxylation sites is 1. The number of hydrogen-bond donors (Lipinski definition) is 0. The fourth-order valence-corrected chi connectivity index (χ4v) is 3.95. The third kappa shape index (κ3) is 4.39. The van der Waals surface area contributed by atoms with Crippen LogP contribution in [0.5, 0.6) is 0 Å². The van der Waals surface area contributed by atoms with Gasteiger partial charge in [0.25, 0.3) is 5.56 Å². The Morgan fingerprint density at radius 2 is 1.90 bits per heavy atom. The molecule has 0 bridgehead atoms. The smallest absolute Gasteiger partial charge is 0.266 e. The van der Waals surface area contributed by atoms with Crippen molar-refractivity contribution >= 4 is 16.8 Å². The lowest BCUT2D eigenvalue weighted by molar-refractivity contribution is -0.135. The monoisotopic (exact) mass is 419 g/mol. The van der Waals surface area contributed by atoms with Crippen molar-refractivity contribution in [2.75, 3.05) is 20.3 Å². The van der Waals surface area contributed by atoms with Crippen LogP contribution in [0, 0.1) is 12.8 Å². The van der Waals surface area contributed by atoms with Crippen molar-refractivity contribution in [1.82, 2.24) is 14.5 Å². The number of fused-ring (bicyclic) bond motifs is 1. The number of benzene rings is 2. The summed E-state index contributed by atoms with van der Waals surface area (Å²) < 4.78 is 6.87. The average molecular weight is 420 g/mol. The summed E-state index contributed by atoms with van der Waals surface area (Å²) >= 11 is 0. The minimum atomic E-state index is -0.344. The molecule has 1 aromatic heterocycles. The van der Waals surface area contributed by atoms with Gasteiger partial charge in [0, 0.05) is 26.2 Å². The van der Waals surface area contributed by atoms with E-state index in [-0.39, 0.29) is 23.4 Å². The molecule has 1 saturated carbocycles. The SMILES string of the molecule is COCCCN(C(=O)C1CC1)C(C)c1nc2ccccc2c(=O)n1-c1ccc(C)cc1. The highest BCUT2D eigenvalue weighted by atomic mass is 16.5. The molecule has 3 aromatic rings. The molecule has 0 N–H and O–H groups in total. The highest BCUT2D eigenvalue weighted by molar-refractivity contribution is 5.82. The number of aromatic nitrogens is 2. The standard InChI is InChI=1S/C25H29N3O3/c1-17-9-13-20(14-10-17)28-23(26-22-8-5-4-7-21(22)25(28)30)18(2)27(15-6-16-31-3)24(29)19-11-12-19/h4-5,7-10,13-14,18-19H,6,11-12,15-16H2,1-3H3. The van der Waals surface area contributed by atoms with Gasteiger partial charge in [0.2, 0.25) is 5.91 Å². The molecular weight excluding hydrogens is 390 g/mol. The summed E-state index contributed by atoms with van der Waals surface area (Å²) in [4.78, 5) is 33.4. The Morgan fingerprint density at radius 3 is 2.58 bits per heavy atom. The Bertz CT molecular complexity index is 1130. The second-order valence-electron chi connectivity index (χ2n) is 8.29. The number of methoxy groups -OCH3 is 1. The van der Waals surface area contributed by atoms with Crippen LogP contribution < -0.4 is 5.56 Å². The highest BCUT2D eigenvalue weighted by Crippen LogP contribution is 2.34. The van der Waals surface area contributed by atoms with Crippen LogP contribution in [0.3, 0.4) is 0 Å². The van der Waals surface area contributed by atoms with Crippen LogP contribution in [0.15, 0.2) is 53.3 Å². The first-order valence-electron chi connectivity index (χ1n) is 10.9. The van der Waals surface area contributed by atoms with E-state index >= 15 is 0 Å². The molecule has 1 aliphatic carbocycles. The van der Waals surface area contributed by atoms with Crippen molar-refractivity contribution in [3.63, 3.8) is 0 Å². The van der Waals surface area contributed by atoms with Gasteiger partial charge in [-0.1, -0.05) is 29.8 Å². The van der Waals surface area contributed by atoms with E-state index in [0.717, 1.165) is 30.5 Å². The summed E-state index contributed by atoms with van der Waals surface area (Å²) in [5, 5.41) is 0.568. The zero-order valence-electron chi connectivity index (χ0n) is 18.4. The van der Waals surface area contributed by atoms with Crippen molar-refractivity contribution in [1.29, 1.82) is 0 Å². The molecule has 162 valence electrons. The van der Waals surface area contributed by atoms with E-state index in [1.807, 2.05) is 61.2 Å². The van der Waals surface area contributed by atoms with Gasteiger partial charge in [-0.15, -0.1) is 0 Å². The molecule has 0 saturated heterocycles. The first-order chi connectivity index (χ1) is 15.0. The number of ether oxygens (including phenoxy) is 1. The molecular formula is C25H29N3O3. The van der Waals surface area contributed by atoms with Gasteiger partial charge in [-0.3, -0.25) is 14.2 Å². The van der Waals surface area contributed by atoms with E-state index in [1.54, 1.807) is 17.7 Å². The van der Waals surface area contributed by atoms with Crippen LogP contribution in [0.25, 0.3) is 16.6 Å². The van der Waals surface area contributed by atoms with Crippen molar-refractivity contribution < 1.29 is 9.53 Å². The van der Waals surface area contributed by atoms with E-state index in [1.165, 1.54) is 0 Å². The normalized spacial score (nSPS) is 14.5. The molecule has 1 atom stereocenters. The summed E-state index contributed by atoms with van der Waals surface area (Å²) in [5.41, 5.74) is 2.40. The van der Waals surface area contributed by atoms with Gasteiger partial charge in [0.05, 0.1) is 22.6 Å². The number of carbonyl (C=O) groups excluding carboxylic acids is 1. The third-order valence-electron chi connectivity index (χ3n) is 5.89. The number of rotatable bonds is 8. The van der Waals surface area contributed by atoms with Gasteiger partial charge in [-0.2, -0.15) is 0 Å². The Morgan fingerprint density at radius 1 is 1.19 bits per heavy atom. The maximum atomic E-state index is 13.5. The summed E-state index contributed by atoms with van der Waals surface area (Å²) in [6.07, 6.45) is 2.60. The minimum Gasteiger partial charge on any atom is -0.385 e. The first-order valence-corrected chi connectivity index (χ1v) is 10.9. The molecule has 2 aromatic carbocycles. The molecule has 1 amide bonds. The molecule has 0 aliphatic heterocycles. The molecule has 0 radical (unpaired) electrons. The van der Waals surface area contributed by atoms with Crippen LogP contribution in [0.4, 0.5) is 0 Å². The van der Waals surface area contributed by atoms with E-state index in [0.29, 0.717) is 29.9 Å². The Kier molecular flexibility index (Phi) is 6.18. The number of aryl methyl sites for hydroxylation is 1. The lowest BCUT2D eigenvalue weighted by Gasteiger charge is -2.31. The average Bonchev–Trinajstić information content (AvgIpc) is 3.62. The Labute approximate surface area is 182 Å². The van der Waals surface area contributed by atoms with Crippen molar-refractivity contribution in [3.8, 4) is 5.69 Å². The van der Waals surface area contributed by atoms with Crippen LogP contribution >= 0.6 is 0 Å². The molecule has 6 heteroatoms. The van der Waals surface area contributed by atoms with E-state index in [4.69, 9.17) is 9.72 Å². The van der Waals surface area contributed by atoms with E-state index in [2.05, 4.69) is 0 Å². The molecule has 1 heterocycles. The van der Waals surface area contributed by atoms with Gasteiger partial charge < -0.3 is 9.64 Å². The lowest BCUT2D eigenvalue weighted by atomic mass is 10.1. The molecule has 0 spiro atoms. The molecule has 6 nitrogen and oxygen atoms in total. The van der Waals surface area contributed by atoms with E-state index in [9.17, 15) is 9.59 Å². The van der Waals surface area contributed by atoms with Gasteiger partial charge >= 0.3 is 0 Å². The Balaban J connectivity index is 1.85. The predicted octanol–water partition coefficient (Wildman–Crippen LogP) is 4.03. The maximum absolute atomic E-state index is 13.5. The third-order valence-corrected chi connectivity index (χ3v) is 5.89. The predicted molar refractivity (Wildman–Crippen MR) is 121 cm³/mol. The van der Waals surface area contributed by atoms with Crippen LogP contribution in [0.1, 0.15) is 43.6 Å². The molecule has 1 unspecified atom stereocenters. The zero-order chi connectivity index (χ0) is 22.0. The highest BCUT2D eigenvalue weighted by Gasteiger charge is 2.36. The van der Waals surface area contributed by atoms with Crippen LogP contribution in [-0.2, 0) is 9.53 Å². The minimum absolute atomic E-state index is 0.0880. The quantitative estimate of drug-likeness (QED) is 0.517. The van der Waals surface area contributed by atoms with Crippen molar-refractivity contribution in [3.05, 3.63) is 70.3 Å². The topological polar surface area (TPSA) is 64.4 Å². The van der Waals surface area contributed by atoms with Crippen LogP contribution in [-0.4, -0.2) is 40.6 Å². The molecule has 1 fully saturated rings. The van der Waals surface area contributed by atoms with E-state index < -0.39 is 0 Å². The summed E-state index contributed by atoms with van der Waals surface area (Å²) in [5.74, 6) is 0.811. The number of amides is 1. The lowest BCUT2D eigenvalue weighted by Crippen LogP contribution is -2.39. The van der Waals surface area contributed by atoms with Gasteiger partial charge in [0.1, 0.15) is 5.82 Å². The fourth-order valence-electron chi connectivity index (χ4n) is 3.95. The second-order valence-corrected chi connectivity index (χ2v) is 8.29. The van der Waals surface area contributed by atoms with Crippen LogP contribution in [0.2, 0.25) is 0 Å². The number of carbonyl (C=O) groups is 1. The molecule has 31 heavy (non-hydrogen) atoms. The summed E-state index contributed by atoms with van der Waals surface area (Å²) in [6, 6.07) is 14.9. The maximum Gasteiger partial charge on any atom is 0.266 e. The number of hydrogen-bond acceptors (Lipinski definition) is 4. The molecule has 4 rings (SSSR count). The van der Waals surface area contributed by atoms with Gasteiger partial charge in [0.15, 0.2) is 0 Å². The fraction of sp³-hybridized carbons (Fsp3) is 0.400. The van der Waals surface area contributed by atoms with Gasteiger partial charge in [-0.25, -0.2) is 4.98 Å².